The lowest BCUT2D eigenvalue weighted by Gasteiger charge is -2.24. The lowest BCUT2D eigenvalue weighted by molar-refractivity contribution is -0.870. The van der Waals surface area contributed by atoms with Crippen LogP contribution >= 0.6 is 7.82 Å². The van der Waals surface area contributed by atoms with Crippen LogP contribution in [0.3, 0.4) is 0 Å². The number of carbonyl (C=O) groups is 2. The van der Waals surface area contributed by atoms with Crippen LogP contribution in [0.15, 0.2) is 24.3 Å². The highest BCUT2D eigenvalue weighted by atomic mass is 31.2. The fourth-order valence-electron chi connectivity index (χ4n) is 7.21. The van der Waals surface area contributed by atoms with Crippen LogP contribution in [0.25, 0.3) is 0 Å². The second-order valence-corrected chi connectivity index (χ2v) is 20.0. The van der Waals surface area contributed by atoms with E-state index < -0.39 is 26.5 Å². The van der Waals surface area contributed by atoms with E-state index in [1.807, 2.05) is 21.1 Å². The normalized spacial score (nSPS) is 13.6. The predicted octanol–water partition coefficient (Wildman–Crippen LogP) is 15.1. The van der Waals surface area contributed by atoms with Crippen molar-refractivity contribution in [2.75, 3.05) is 47.5 Å². The van der Waals surface area contributed by atoms with Crippen molar-refractivity contribution >= 4 is 19.8 Å². The molecule has 1 unspecified atom stereocenters. The fourth-order valence-corrected chi connectivity index (χ4v) is 7.95. The first-order valence-electron chi connectivity index (χ1n) is 25.6. The molecule has 0 radical (unpaired) electrons. The van der Waals surface area contributed by atoms with E-state index >= 15 is 0 Å². The molecular weight excluding hydrogens is 786 g/mol. The molecule has 0 heterocycles. The van der Waals surface area contributed by atoms with E-state index in [9.17, 15) is 19.0 Å². The van der Waals surface area contributed by atoms with Crippen molar-refractivity contribution in [1.29, 1.82) is 0 Å². The summed E-state index contributed by atoms with van der Waals surface area (Å²) in [5.41, 5.74) is 0. The molecule has 360 valence electrons. The van der Waals surface area contributed by atoms with Gasteiger partial charge in [-0.05, 0) is 44.9 Å². The Bertz CT molecular complexity index is 1090. The van der Waals surface area contributed by atoms with Gasteiger partial charge in [-0.2, -0.15) is 0 Å². The molecule has 0 aliphatic heterocycles. The fraction of sp³-hybridized carbons (Fsp3) is 0.882. The molecule has 1 N–H and O–H groups in total. The summed E-state index contributed by atoms with van der Waals surface area (Å²) in [5.74, 6) is -0.837. The van der Waals surface area contributed by atoms with E-state index in [1.54, 1.807) is 0 Å². The van der Waals surface area contributed by atoms with Crippen molar-refractivity contribution in [1.82, 2.24) is 0 Å². The molecule has 0 amide bonds. The molecule has 10 heteroatoms. The summed E-state index contributed by atoms with van der Waals surface area (Å²) in [6.45, 7) is 4.42. The molecule has 0 aromatic heterocycles. The minimum absolute atomic E-state index is 0.0270. The van der Waals surface area contributed by atoms with Gasteiger partial charge >= 0.3 is 19.8 Å². The van der Waals surface area contributed by atoms with Crippen LogP contribution in [-0.2, 0) is 32.7 Å². The van der Waals surface area contributed by atoms with E-state index in [2.05, 4.69) is 38.2 Å². The average molecular weight is 885 g/mol. The van der Waals surface area contributed by atoms with Crippen LogP contribution in [-0.4, -0.2) is 74.9 Å². The maximum Gasteiger partial charge on any atom is 0.472 e. The van der Waals surface area contributed by atoms with Gasteiger partial charge in [0.2, 0.25) is 0 Å². The number of allylic oxidation sites excluding steroid dienone is 4. The largest absolute Gasteiger partial charge is 0.472 e. The SMILES string of the molecule is CCCCCCCCCCCCCCCC/C=C/CC/C=C/CCCC(=O)O[C@H](COC(=O)CCCCCCCCCCCCCCCC)COP(=O)(O)OCC[N+](C)(C)C. The Morgan fingerprint density at radius 3 is 1.31 bits per heavy atom. The van der Waals surface area contributed by atoms with Crippen molar-refractivity contribution in [2.24, 2.45) is 0 Å². The molecule has 2 atom stereocenters. The number of quaternary nitrogens is 1. The summed E-state index contributed by atoms with van der Waals surface area (Å²) in [6, 6.07) is 0. The van der Waals surface area contributed by atoms with Crippen LogP contribution in [0.4, 0.5) is 0 Å². The Morgan fingerprint density at radius 2 is 0.869 bits per heavy atom. The molecule has 0 aromatic rings. The maximum atomic E-state index is 12.7. The third kappa shape index (κ3) is 47.8. The number of ether oxygens (including phenoxy) is 2. The van der Waals surface area contributed by atoms with Gasteiger partial charge < -0.3 is 18.9 Å². The lowest BCUT2D eigenvalue weighted by Crippen LogP contribution is -2.37. The van der Waals surface area contributed by atoms with Crippen LogP contribution in [0.1, 0.15) is 239 Å². The number of phosphoric ester groups is 1. The molecule has 0 rings (SSSR count). The number of hydrogen-bond acceptors (Lipinski definition) is 7. The Labute approximate surface area is 377 Å². The Kier molecular flexibility index (Phi) is 42.6. The molecule has 0 bridgehead atoms. The second-order valence-electron chi connectivity index (χ2n) is 18.5. The lowest BCUT2D eigenvalue weighted by atomic mass is 10.0. The summed E-state index contributed by atoms with van der Waals surface area (Å²) < 4.78 is 34.4. The zero-order valence-electron chi connectivity index (χ0n) is 40.7. The highest BCUT2D eigenvalue weighted by Gasteiger charge is 2.27. The zero-order valence-corrected chi connectivity index (χ0v) is 41.6. The molecule has 0 aromatic carbocycles. The highest BCUT2D eigenvalue weighted by molar-refractivity contribution is 7.47. The number of hydrogen-bond donors (Lipinski definition) is 1. The quantitative estimate of drug-likeness (QED) is 0.0212. The second kappa shape index (κ2) is 43.7. The Hall–Kier alpha value is -1.51. The van der Waals surface area contributed by atoms with Gasteiger partial charge in [-0.1, -0.05) is 205 Å². The number of unbranched alkanes of at least 4 members (excludes halogenated alkanes) is 29. The third-order valence-electron chi connectivity index (χ3n) is 11.2. The molecule has 0 aliphatic carbocycles. The van der Waals surface area contributed by atoms with E-state index in [0.717, 1.165) is 44.9 Å². The van der Waals surface area contributed by atoms with Crippen molar-refractivity contribution in [2.45, 2.75) is 245 Å². The summed E-state index contributed by atoms with van der Waals surface area (Å²) in [7, 11) is 1.46. The Balaban J connectivity index is 4.27. The van der Waals surface area contributed by atoms with Crippen LogP contribution < -0.4 is 0 Å². The number of phosphoric acid groups is 1. The molecule has 0 aliphatic rings. The monoisotopic (exact) mass is 885 g/mol. The van der Waals surface area contributed by atoms with Crippen LogP contribution in [0.5, 0.6) is 0 Å². The minimum atomic E-state index is -4.38. The molecular formula is C51H99NO8P+. The van der Waals surface area contributed by atoms with E-state index in [4.69, 9.17) is 18.5 Å². The first-order chi connectivity index (χ1) is 29.5. The van der Waals surface area contributed by atoms with Crippen molar-refractivity contribution in [3.63, 3.8) is 0 Å². The number of carbonyl (C=O) groups excluding carboxylic acids is 2. The standard InChI is InChI=1S/C51H98NO8P/c1-6-8-10-12-14-16-18-20-22-23-24-25-26-27-28-29-30-32-34-36-38-40-42-44-51(54)60-49(48-59-61(55,56)58-46-45-52(3,4)5)47-57-50(53)43-41-39-37-35-33-31-21-19-17-15-13-11-9-7-2/h29-30,36,38,49H,6-28,31-35,37,39-48H2,1-5H3/p+1/b30-29+,38-36+/t49-/m1/s1. The third-order valence-corrected chi connectivity index (χ3v) is 12.2. The van der Waals surface area contributed by atoms with E-state index in [-0.39, 0.29) is 32.0 Å². The zero-order chi connectivity index (χ0) is 45.0. The number of likely N-dealkylation sites (N-methyl/N-ethyl adjacent to an activating group) is 1. The summed E-state index contributed by atoms with van der Waals surface area (Å²) in [6.07, 6.45) is 49.6. The van der Waals surface area contributed by atoms with E-state index in [0.29, 0.717) is 17.4 Å². The molecule has 9 nitrogen and oxygen atoms in total. The van der Waals surface area contributed by atoms with Gasteiger partial charge in [-0.15, -0.1) is 0 Å². The minimum Gasteiger partial charge on any atom is -0.462 e. The molecule has 0 spiro atoms. The summed E-state index contributed by atoms with van der Waals surface area (Å²) in [5, 5.41) is 0. The summed E-state index contributed by atoms with van der Waals surface area (Å²) in [4.78, 5) is 35.5. The smallest absolute Gasteiger partial charge is 0.462 e. The molecule has 0 saturated heterocycles. The predicted molar refractivity (Wildman–Crippen MR) is 257 cm³/mol. The van der Waals surface area contributed by atoms with Crippen molar-refractivity contribution in [3.8, 4) is 0 Å². The first-order valence-corrected chi connectivity index (χ1v) is 27.1. The summed E-state index contributed by atoms with van der Waals surface area (Å²) >= 11 is 0. The highest BCUT2D eigenvalue weighted by Crippen LogP contribution is 2.43. The van der Waals surface area contributed by atoms with Crippen LogP contribution in [0, 0.1) is 0 Å². The molecule has 0 fully saturated rings. The topological polar surface area (TPSA) is 108 Å². The van der Waals surface area contributed by atoms with Gasteiger partial charge in [0, 0.05) is 12.8 Å². The van der Waals surface area contributed by atoms with Crippen molar-refractivity contribution in [3.05, 3.63) is 24.3 Å². The van der Waals surface area contributed by atoms with Gasteiger partial charge in [-0.25, -0.2) is 4.57 Å². The number of nitrogens with zero attached hydrogens (tertiary/aromatic N) is 1. The van der Waals surface area contributed by atoms with Gasteiger partial charge in [-0.3, -0.25) is 18.6 Å². The molecule has 0 saturated carbocycles. The average Bonchev–Trinajstić information content (AvgIpc) is 3.21. The van der Waals surface area contributed by atoms with E-state index in [1.165, 1.54) is 161 Å². The number of rotatable bonds is 47. The number of esters is 2. The first kappa shape index (κ1) is 59.5. The van der Waals surface area contributed by atoms with Gasteiger partial charge in [0.05, 0.1) is 27.7 Å². The Morgan fingerprint density at radius 1 is 0.492 bits per heavy atom. The van der Waals surface area contributed by atoms with Gasteiger partial charge in [0.15, 0.2) is 6.10 Å². The van der Waals surface area contributed by atoms with Crippen molar-refractivity contribution < 1.29 is 42.1 Å². The molecule has 61 heavy (non-hydrogen) atoms. The van der Waals surface area contributed by atoms with Crippen LogP contribution in [0.2, 0.25) is 0 Å². The van der Waals surface area contributed by atoms with Gasteiger partial charge in [0.25, 0.3) is 0 Å². The van der Waals surface area contributed by atoms with Gasteiger partial charge in [0.1, 0.15) is 19.8 Å². The maximum absolute atomic E-state index is 12.7.